The van der Waals surface area contributed by atoms with Gasteiger partial charge in [0.25, 0.3) is 0 Å². The number of carboxylic acids is 1. The Hall–Kier alpha value is -1.49. The standard InChI is InChI=1S/C10H9BrO4/c1-5(10(13)14)7-3-6(11)4-8(15-2)9(7)12/h3-4,12H,1H2,2H3,(H,13,14). The molecule has 1 aromatic rings. The number of carboxylic acid groups (broad SMARTS) is 1. The first kappa shape index (κ1) is 11.6. The molecule has 0 fully saturated rings. The molecule has 0 amide bonds. The van der Waals surface area contributed by atoms with Crippen LogP contribution in [-0.2, 0) is 4.79 Å². The van der Waals surface area contributed by atoms with E-state index >= 15 is 0 Å². The van der Waals surface area contributed by atoms with Crippen molar-refractivity contribution in [1.29, 1.82) is 0 Å². The molecule has 0 aromatic heterocycles. The summed E-state index contributed by atoms with van der Waals surface area (Å²) in [6.07, 6.45) is 0. The highest BCUT2D eigenvalue weighted by molar-refractivity contribution is 9.10. The quantitative estimate of drug-likeness (QED) is 0.829. The third kappa shape index (κ3) is 2.30. The summed E-state index contributed by atoms with van der Waals surface area (Å²) >= 11 is 3.18. The van der Waals surface area contributed by atoms with Crippen LogP contribution in [0.5, 0.6) is 11.5 Å². The molecule has 1 rings (SSSR count). The number of phenols is 1. The van der Waals surface area contributed by atoms with E-state index in [1.807, 2.05) is 0 Å². The predicted octanol–water partition coefficient (Wildman–Crippen LogP) is 2.26. The van der Waals surface area contributed by atoms with E-state index in [0.717, 1.165) is 0 Å². The summed E-state index contributed by atoms with van der Waals surface area (Å²) in [6.45, 7) is 3.37. The first-order chi connectivity index (χ1) is 6.97. The van der Waals surface area contributed by atoms with Gasteiger partial charge in [0, 0.05) is 10.0 Å². The molecule has 0 aliphatic rings. The van der Waals surface area contributed by atoms with Gasteiger partial charge < -0.3 is 14.9 Å². The molecule has 0 aliphatic carbocycles. The first-order valence-electron chi connectivity index (χ1n) is 3.96. The first-order valence-corrected chi connectivity index (χ1v) is 4.75. The van der Waals surface area contributed by atoms with Crippen LogP contribution in [0.3, 0.4) is 0 Å². The maximum absolute atomic E-state index is 10.7. The molecule has 4 nitrogen and oxygen atoms in total. The molecule has 0 bridgehead atoms. The Kier molecular flexibility index (Phi) is 3.36. The second kappa shape index (κ2) is 4.35. The van der Waals surface area contributed by atoms with E-state index in [2.05, 4.69) is 22.5 Å². The molecule has 15 heavy (non-hydrogen) atoms. The third-order valence-corrected chi connectivity index (χ3v) is 2.30. The van der Waals surface area contributed by atoms with Gasteiger partial charge in [-0.3, -0.25) is 0 Å². The molecule has 0 aliphatic heterocycles. The van der Waals surface area contributed by atoms with E-state index < -0.39 is 5.97 Å². The minimum Gasteiger partial charge on any atom is -0.504 e. The highest BCUT2D eigenvalue weighted by atomic mass is 79.9. The minimum atomic E-state index is -1.19. The fraction of sp³-hybridized carbons (Fsp3) is 0.100. The molecular formula is C10H9BrO4. The second-order valence-corrected chi connectivity index (χ2v) is 3.70. The summed E-state index contributed by atoms with van der Waals surface area (Å²) in [7, 11) is 1.38. The Labute approximate surface area is 94.9 Å². The van der Waals surface area contributed by atoms with Gasteiger partial charge in [0.2, 0.25) is 0 Å². The molecule has 0 radical (unpaired) electrons. The number of rotatable bonds is 3. The number of aromatic hydroxyl groups is 1. The van der Waals surface area contributed by atoms with Gasteiger partial charge in [0.1, 0.15) is 0 Å². The van der Waals surface area contributed by atoms with Crippen LogP contribution in [0.2, 0.25) is 0 Å². The van der Waals surface area contributed by atoms with Gasteiger partial charge in [-0.25, -0.2) is 4.79 Å². The number of carbonyl (C=O) groups is 1. The number of ether oxygens (including phenoxy) is 1. The zero-order valence-corrected chi connectivity index (χ0v) is 9.54. The molecule has 0 unspecified atom stereocenters. The second-order valence-electron chi connectivity index (χ2n) is 2.79. The van der Waals surface area contributed by atoms with Crippen molar-refractivity contribution in [2.45, 2.75) is 0 Å². The van der Waals surface area contributed by atoms with Gasteiger partial charge in [0.05, 0.1) is 12.7 Å². The van der Waals surface area contributed by atoms with E-state index in [1.54, 1.807) is 0 Å². The lowest BCUT2D eigenvalue weighted by molar-refractivity contribution is -0.130. The smallest absolute Gasteiger partial charge is 0.335 e. The lowest BCUT2D eigenvalue weighted by Gasteiger charge is -2.09. The average Bonchev–Trinajstić information content (AvgIpc) is 2.19. The fourth-order valence-corrected chi connectivity index (χ4v) is 1.51. The zero-order valence-electron chi connectivity index (χ0n) is 7.95. The minimum absolute atomic E-state index is 0.133. The maximum atomic E-state index is 10.7. The third-order valence-electron chi connectivity index (χ3n) is 1.84. The number of phenolic OH excluding ortho intramolecular Hbond substituents is 1. The summed E-state index contributed by atoms with van der Waals surface area (Å²) in [6, 6.07) is 3.00. The van der Waals surface area contributed by atoms with Crippen LogP contribution >= 0.6 is 15.9 Å². The van der Waals surface area contributed by atoms with Crippen LogP contribution < -0.4 is 4.74 Å². The van der Waals surface area contributed by atoms with Crippen LogP contribution in [-0.4, -0.2) is 23.3 Å². The molecule has 0 saturated heterocycles. The SMILES string of the molecule is C=C(C(=O)O)c1cc(Br)cc(OC)c1O. The van der Waals surface area contributed by atoms with E-state index in [-0.39, 0.29) is 22.6 Å². The van der Waals surface area contributed by atoms with E-state index in [9.17, 15) is 9.90 Å². The van der Waals surface area contributed by atoms with Crippen molar-refractivity contribution in [3.63, 3.8) is 0 Å². The summed E-state index contributed by atoms with van der Waals surface area (Å²) in [5.41, 5.74) is -0.0548. The summed E-state index contributed by atoms with van der Waals surface area (Å²) in [5, 5.41) is 18.4. The predicted molar refractivity (Wildman–Crippen MR) is 59.0 cm³/mol. The van der Waals surface area contributed by atoms with Crippen LogP contribution in [0, 0.1) is 0 Å². The number of hydrogen-bond acceptors (Lipinski definition) is 3. The van der Waals surface area contributed by atoms with Gasteiger partial charge in [0.15, 0.2) is 11.5 Å². The van der Waals surface area contributed by atoms with Crippen molar-refractivity contribution in [3.8, 4) is 11.5 Å². The maximum Gasteiger partial charge on any atom is 0.335 e. The lowest BCUT2D eigenvalue weighted by atomic mass is 10.1. The Morgan fingerprint density at radius 1 is 1.53 bits per heavy atom. The highest BCUT2D eigenvalue weighted by Crippen LogP contribution is 2.36. The monoisotopic (exact) mass is 272 g/mol. The zero-order chi connectivity index (χ0) is 11.6. The van der Waals surface area contributed by atoms with Gasteiger partial charge in [-0.1, -0.05) is 22.5 Å². The average molecular weight is 273 g/mol. The number of hydrogen-bond donors (Lipinski definition) is 2. The Morgan fingerprint density at radius 2 is 2.13 bits per heavy atom. The van der Waals surface area contributed by atoms with Crippen molar-refractivity contribution < 1.29 is 19.7 Å². The summed E-state index contributed by atoms with van der Waals surface area (Å²) in [5.74, 6) is -1.22. The van der Waals surface area contributed by atoms with Crippen LogP contribution in [0.25, 0.3) is 5.57 Å². The van der Waals surface area contributed by atoms with Gasteiger partial charge in [-0.05, 0) is 12.1 Å². The van der Waals surface area contributed by atoms with E-state index in [0.29, 0.717) is 4.47 Å². The van der Waals surface area contributed by atoms with Crippen molar-refractivity contribution in [1.82, 2.24) is 0 Å². The van der Waals surface area contributed by atoms with Gasteiger partial charge >= 0.3 is 5.97 Å². The molecular weight excluding hydrogens is 264 g/mol. The Bertz CT molecular complexity index is 426. The molecule has 2 N–H and O–H groups in total. The summed E-state index contributed by atoms with van der Waals surface area (Å²) < 4.78 is 5.49. The molecule has 0 atom stereocenters. The Morgan fingerprint density at radius 3 is 2.60 bits per heavy atom. The molecule has 1 aromatic carbocycles. The highest BCUT2D eigenvalue weighted by Gasteiger charge is 2.16. The van der Waals surface area contributed by atoms with Crippen LogP contribution in [0.15, 0.2) is 23.2 Å². The van der Waals surface area contributed by atoms with E-state index in [1.165, 1.54) is 19.2 Å². The van der Waals surface area contributed by atoms with Gasteiger partial charge in [-0.15, -0.1) is 0 Å². The number of halogens is 1. The number of benzene rings is 1. The number of aliphatic carboxylic acids is 1. The van der Waals surface area contributed by atoms with Crippen molar-refractivity contribution in [3.05, 3.63) is 28.7 Å². The van der Waals surface area contributed by atoms with Crippen molar-refractivity contribution in [2.75, 3.05) is 7.11 Å². The molecule has 0 saturated carbocycles. The van der Waals surface area contributed by atoms with Crippen LogP contribution in [0.1, 0.15) is 5.56 Å². The molecule has 0 heterocycles. The van der Waals surface area contributed by atoms with Gasteiger partial charge in [-0.2, -0.15) is 0 Å². The molecule has 0 spiro atoms. The largest absolute Gasteiger partial charge is 0.504 e. The molecule has 80 valence electrons. The topological polar surface area (TPSA) is 66.8 Å². The van der Waals surface area contributed by atoms with Crippen molar-refractivity contribution in [2.24, 2.45) is 0 Å². The van der Waals surface area contributed by atoms with Crippen molar-refractivity contribution >= 4 is 27.5 Å². The van der Waals surface area contributed by atoms with Crippen LogP contribution in [0.4, 0.5) is 0 Å². The lowest BCUT2D eigenvalue weighted by Crippen LogP contribution is -1.99. The fourth-order valence-electron chi connectivity index (χ4n) is 1.08. The Balaban J connectivity index is 3.35. The van der Waals surface area contributed by atoms with E-state index in [4.69, 9.17) is 9.84 Å². The molecule has 5 heteroatoms. The number of methoxy groups -OCH3 is 1. The normalized spacial score (nSPS) is 9.73. The summed E-state index contributed by atoms with van der Waals surface area (Å²) in [4.78, 5) is 10.7.